The highest BCUT2D eigenvalue weighted by atomic mass is 16.6. The zero-order valence-electron chi connectivity index (χ0n) is 20.2. The minimum atomic E-state index is -0.767. The fourth-order valence-electron chi connectivity index (χ4n) is 4.21. The van der Waals surface area contributed by atoms with Gasteiger partial charge in [0, 0.05) is 36.1 Å². The maximum Gasteiger partial charge on any atom is 0.338 e. The van der Waals surface area contributed by atoms with Crippen LogP contribution in [0, 0.1) is 30.9 Å². The molecule has 0 radical (unpaired) electrons. The van der Waals surface area contributed by atoms with Gasteiger partial charge < -0.3 is 9.30 Å². The molecule has 0 aliphatic heterocycles. The first kappa shape index (κ1) is 24.4. The molecule has 2 aromatic carbocycles. The number of esters is 1. The van der Waals surface area contributed by atoms with E-state index in [2.05, 4.69) is 0 Å². The van der Waals surface area contributed by atoms with Crippen molar-refractivity contribution in [2.24, 2.45) is 7.05 Å². The van der Waals surface area contributed by atoms with Gasteiger partial charge >= 0.3 is 5.97 Å². The van der Waals surface area contributed by atoms with Crippen LogP contribution < -0.4 is 5.56 Å². The number of para-hydroxylation sites is 1. The van der Waals surface area contributed by atoms with Crippen molar-refractivity contribution in [3.8, 4) is 11.4 Å². The highest BCUT2D eigenvalue weighted by Gasteiger charge is 2.24. The van der Waals surface area contributed by atoms with Crippen LogP contribution in [0.25, 0.3) is 11.4 Å². The van der Waals surface area contributed by atoms with E-state index in [9.17, 15) is 24.5 Å². The number of aryl methyl sites for hydroxylation is 1. The Bertz CT molecular complexity index is 1540. The number of carbonyl (C=O) groups excluding carboxylic acids is 2. The average Bonchev–Trinajstić information content (AvgIpc) is 3.28. The van der Waals surface area contributed by atoms with Crippen molar-refractivity contribution in [3.05, 3.63) is 109 Å². The number of rotatable bonds is 7. The molecule has 0 amide bonds. The van der Waals surface area contributed by atoms with E-state index < -0.39 is 23.3 Å². The smallest absolute Gasteiger partial charge is 0.338 e. The second-order valence-corrected chi connectivity index (χ2v) is 8.33. The van der Waals surface area contributed by atoms with E-state index in [1.807, 2.05) is 37.3 Å². The maximum atomic E-state index is 13.5. The highest BCUT2D eigenvalue weighted by molar-refractivity contribution is 6.00. The summed E-state index contributed by atoms with van der Waals surface area (Å²) >= 11 is 0. The van der Waals surface area contributed by atoms with Crippen LogP contribution in [0.3, 0.4) is 0 Å². The van der Waals surface area contributed by atoms with E-state index in [0.29, 0.717) is 28.3 Å². The summed E-state index contributed by atoms with van der Waals surface area (Å²) in [7, 11) is 1.80. The van der Waals surface area contributed by atoms with Gasteiger partial charge in [-0.05, 0) is 51.1 Å². The molecule has 0 bridgehead atoms. The number of ketones is 1. The van der Waals surface area contributed by atoms with E-state index in [1.165, 1.54) is 24.3 Å². The number of ether oxygens (including phenoxy) is 1. The summed E-state index contributed by atoms with van der Waals surface area (Å²) in [6.45, 7) is 4.85. The summed E-state index contributed by atoms with van der Waals surface area (Å²) in [5.41, 5.74) is 3.14. The first-order valence-corrected chi connectivity index (χ1v) is 11.1. The SMILES string of the molecule is Cc1cc(C(=O)COC(=O)c2ccc([N+](=O)[O-])cc2)c(C)n1-c1c(C)n(C)n(-c2ccccc2)c1=O. The van der Waals surface area contributed by atoms with Gasteiger partial charge in [-0.1, -0.05) is 18.2 Å². The van der Waals surface area contributed by atoms with Crippen LogP contribution in [0.15, 0.2) is 65.5 Å². The van der Waals surface area contributed by atoms with Crippen LogP contribution in [0.5, 0.6) is 0 Å². The molecule has 0 aliphatic rings. The molecule has 0 saturated heterocycles. The Hall–Kier alpha value is -4.73. The van der Waals surface area contributed by atoms with Gasteiger partial charge in [-0.3, -0.25) is 24.4 Å². The lowest BCUT2D eigenvalue weighted by atomic mass is 10.1. The molecule has 2 heterocycles. The number of non-ortho nitro benzene ring substituents is 1. The molecule has 4 rings (SSSR count). The van der Waals surface area contributed by atoms with Gasteiger partial charge in [0.1, 0.15) is 5.69 Å². The molecule has 2 aromatic heterocycles. The van der Waals surface area contributed by atoms with Gasteiger partial charge in [-0.15, -0.1) is 0 Å². The minimum Gasteiger partial charge on any atom is -0.454 e. The van der Waals surface area contributed by atoms with Crippen molar-refractivity contribution in [1.29, 1.82) is 0 Å². The van der Waals surface area contributed by atoms with E-state index in [1.54, 1.807) is 40.9 Å². The Balaban J connectivity index is 1.60. The fraction of sp³-hybridized carbons (Fsp3) is 0.192. The summed E-state index contributed by atoms with van der Waals surface area (Å²) < 4.78 is 10.2. The Kier molecular flexibility index (Phi) is 6.43. The number of Topliss-reactive ketones (excluding diaryl/α,β-unsaturated/α-hetero) is 1. The third-order valence-electron chi connectivity index (χ3n) is 6.13. The second-order valence-electron chi connectivity index (χ2n) is 8.33. The maximum absolute atomic E-state index is 13.5. The molecule has 0 N–H and O–H groups in total. The summed E-state index contributed by atoms with van der Waals surface area (Å²) in [6, 6.07) is 15.8. The summed E-state index contributed by atoms with van der Waals surface area (Å²) in [4.78, 5) is 48.9. The average molecular weight is 489 g/mol. The van der Waals surface area contributed by atoms with E-state index >= 15 is 0 Å². The largest absolute Gasteiger partial charge is 0.454 e. The van der Waals surface area contributed by atoms with E-state index in [4.69, 9.17) is 4.74 Å². The zero-order chi connectivity index (χ0) is 26.1. The van der Waals surface area contributed by atoms with Gasteiger partial charge in [0.15, 0.2) is 6.61 Å². The third kappa shape index (κ3) is 4.24. The monoisotopic (exact) mass is 488 g/mol. The zero-order valence-corrected chi connectivity index (χ0v) is 20.2. The molecule has 10 heteroatoms. The number of hydrogen-bond acceptors (Lipinski definition) is 6. The Labute approximate surface area is 206 Å². The predicted molar refractivity (Wildman–Crippen MR) is 132 cm³/mol. The lowest BCUT2D eigenvalue weighted by Crippen LogP contribution is -2.22. The fourth-order valence-corrected chi connectivity index (χ4v) is 4.21. The van der Waals surface area contributed by atoms with Crippen molar-refractivity contribution in [1.82, 2.24) is 13.9 Å². The summed E-state index contributed by atoms with van der Waals surface area (Å²) in [5, 5.41) is 10.8. The lowest BCUT2D eigenvalue weighted by molar-refractivity contribution is -0.384. The first-order chi connectivity index (χ1) is 17.1. The first-order valence-electron chi connectivity index (χ1n) is 11.1. The summed E-state index contributed by atoms with van der Waals surface area (Å²) in [5.74, 6) is -1.20. The molecule has 4 aromatic rings. The Morgan fingerprint density at radius 3 is 2.22 bits per heavy atom. The highest BCUT2D eigenvalue weighted by Crippen LogP contribution is 2.23. The van der Waals surface area contributed by atoms with Crippen LogP contribution in [0.4, 0.5) is 5.69 Å². The normalized spacial score (nSPS) is 10.9. The third-order valence-corrected chi connectivity index (χ3v) is 6.13. The number of benzene rings is 2. The molecule has 0 saturated carbocycles. The quantitative estimate of drug-likeness (QED) is 0.169. The van der Waals surface area contributed by atoms with Crippen molar-refractivity contribution in [2.75, 3.05) is 6.61 Å². The van der Waals surface area contributed by atoms with Crippen LogP contribution in [-0.4, -0.2) is 37.2 Å². The Morgan fingerprint density at radius 1 is 0.972 bits per heavy atom. The van der Waals surface area contributed by atoms with Crippen molar-refractivity contribution >= 4 is 17.4 Å². The number of aromatic nitrogens is 3. The van der Waals surface area contributed by atoms with Gasteiger partial charge in [0.2, 0.25) is 5.78 Å². The molecule has 0 fully saturated rings. The standard InChI is InChI=1S/C26H24N4O6/c1-16-14-22(23(31)15-36-26(33)19-10-12-21(13-11-19)30(34)35)17(2)28(16)24-18(3)27(4)29(25(24)32)20-8-6-5-7-9-20/h5-14H,15H2,1-4H3. The van der Waals surface area contributed by atoms with Gasteiger partial charge in [0.05, 0.1) is 21.9 Å². The molecule has 0 spiro atoms. The molecule has 0 aliphatic carbocycles. The van der Waals surface area contributed by atoms with Gasteiger partial charge in [0.25, 0.3) is 11.2 Å². The molecule has 0 unspecified atom stereocenters. The molecule has 0 atom stereocenters. The van der Waals surface area contributed by atoms with Gasteiger partial charge in [-0.25, -0.2) is 9.48 Å². The summed E-state index contributed by atoms with van der Waals surface area (Å²) in [6.07, 6.45) is 0. The lowest BCUT2D eigenvalue weighted by Gasteiger charge is -2.09. The topological polar surface area (TPSA) is 118 Å². The van der Waals surface area contributed by atoms with E-state index in [0.717, 1.165) is 5.69 Å². The number of nitrogens with zero attached hydrogens (tertiary/aromatic N) is 4. The van der Waals surface area contributed by atoms with Crippen molar-refractivity contribution < 1.29 is 19.2 Å². The number of nitro benzene ring substituents is 1. The second kappa shape index (κ2) is 9.49. The van der Waals surface area contributed by atoms with Gasteiger partial charge in [-0.2, -0.15) is 0 Å². The van der Waals surface area contributed by atoms with Crippen molar-refractivity contribution in [3.63, 3.8) is 0 Å². The van der Waals surface area contributed by atoms with E-state index in [-0.39, 0.29) is 16.8 Å². The molecule has 36 heavy (non-hydrogen) atoms. The predicted octanol–water partition coefficient (Wildman–Crippen LogP) is 3.84. The number of nitro groups is 1. The molecular formula is C26H24N4O6. The van der Waals surface area contributed by atoms with Crippen LogP contribution >= 0.6 is 0 Å². The Morgan fingerprint density at radius 2 is 1.61 bits per heavy atom. The van der Waals surface area contributed by atoms with Crippen molar-refractivity contribution in [2.45, 2.75) is 20.8 Å². The van der Waals surface area contributed by atoms with Crippen LogP contribution in [0.1, 0.15) is 37.8 Å². The molecule has 184 valence electrons. The van der Waals surface area contributed by atoms with Crippen LogP contribution in [-0.2, 0) is 11.8 Å². The number of carbonyl (C=O) groups is 2. The molecular weight excluding hydrogens is 464 g/mol. The minimum absolute atomic E-state index is 0.0974. The number of hydrogen-bond donors (Lipinski definition) is 0. The molecule has 10 nitrogen and oxygen atoms in total. The van der Waals surface area contributed by atoms with Crippen LogP contribution in [0.2, 0.25) is 0 Å².